The van der Waals surface area contributed by atoms with Gasteiger partial charge in [0.25, 0.3) is 0 Å². The molecule has 0 saturated heterocycles. The van der Waals surface area contributed by atoms with Gasteiger partial charge >= 0.3 is 0 Å². The van der Waals surface area contributed by atoms with Crippen molar-refractivity contribution < 1.29 is 13.5 Å². The molecule has 0 radical (unpaired) electrons. The summed E-state index contributed by atoms with van der Waals surface area (Å²) in [5, 5.41) is 0. The van der Waals surface area contributed by atoms with Crippen molar-refractivity contribution in [3.8, 4) is 5.75 Å². The van der Waals surface area contributed by atoms with Crippen molar-refractivity contribution in [3.05, 3.63) is 29.3 Å². The van der Waals surface area contributed by atoms with Crippen LogP contribution in [0.5, 0.6) is 5.75 Å². The van der Waals surface area contributed by atoms with Crippen molar-refractivity contribution in [3.63, 3.8) is 0 Å². The quantitative estimate of drug-likeness (QED) is 0.883. The summed E-state index contributed by atoms with van der Waals surface area (Å²) in [6.07, 6.45) is -0.324. The molecule has 94 valence electrons. The Morgan fingerprint density at radius 1 is 1.35 bits per heavy atom. The zero-order valence-corrected chi connectivity index (χ0v) is 10.1. The highest BCUT2D eigenvalue weighted by Gasteiger charge is 2.57. The molecule has 2 N–H and O–H groups in total. The zero-order chi connectivity index (χ0) is 12.7. The fourth-order valence-corrected chi connectivity index (χ4v) is 2.79. The van der Waals surface area contributed by atoms with E-state index in [2.05, 4.69) is 0 Å². The predicted octanol–water partition coefficient (Wildman–Crippen LogP) is 2.63. The van der Waals surface area contributed by atoms with E-state index in [1.165, 1.54) is 0 Å². The lowest BCUT2D eigenvalue weighted by molar-refractivity contribution is -0.124. The maximum atomic E-state index is 13.1. The summed E-state index contributed by atoms with van der Waals surface area (Å²) in [7, 11) is 1.58. The lowest BCUT2D eigenvalue weighted by atomic mass is 9.61. The van der Waals surface area contributed by atoms with Gasteiger partial charge in [0.05, 0.1) is 7.11 Å². The first-order valence-electron chi connectivity index (χ1n) is 5.66. The van der Waals surface area contributed by atoms with E-state index in [0.29, 0.717) is 0 Å². The molecule has 4 heteroatoms. The average Bonchev–Trinajstić information content (AvgIpc) is 2.25. The van der Waals surface area contributed by atoms with E-state index in [-0.39, 0.29) is 19.4 Å². The molecule has 1 aliphatic rings. The summed E-state index contributed by atoms with van der Waals surface area (Å²) in [5.41, 5.74) is 6.93. The molecule has 1 aromatic rings. The third-order valence-corrected chi connectivity index (χ3v) is 3.66. The molecule has 1 saturated carbocycles. The molecule has 0 atom stereocenters. The smallest absolute Gasteiger partial charge is 0.250 e. The third kappa shape index (κ3) is 1.90. The van der Waals surface area contributed by atoms with Gasteiger partial charge in [-0.2, -0.15) is 0 Å². The molecule has 1 aliphatic carbocycles. The zero-order valence-electron chi connectivity index (χ0n) is 10.1. The molecule has 2 nitrogen and oxygen atoms in total. The highest BCUT2D eigenvalue weighted by molar-refractivity contribution is 5.45. The van der Waals surface area contributed by atoms with Crippen LogP contribution in [0.15, 0.2) is 18.2 Å². The highest BCUT2D eigenvalue weighted by atomic mass is 19.3. The summed E-state index contributed by atoms with van der Waals surface area (Å²) in [5.74, 6) is -1.85. The van der Waals surface area contributed by atoms with Crippen molar-refractivity contribution in [2.75, 3.05) is 13.7 Å². The van der Waals surface area contributed by atoms with Crippen LogP contribution in [-0.4, -0.2) is 19.6 Å². The Hall–Kier alpha value is -1.16. The average molecular weight is 241 g/mol. The second kappa shape index (κ2) is 3.95. The van der Waals surface area contributed by atoms with E-state index < -0.39 is 11.3 Å². The van der Waals surface area contributed by atoms with Gasteiger partial charge in [-0.05, 0) is 24.1 Å². The topological polar surface area (TPSA) is 35.2 Å². The highest BCUT2D eigenvalue weighted by Crippen LogP contribution is 2.54. The Bertz CT molecular complexity index is 423. The van der Waals surface area contributed by atoms with Gasteiger partial charge < -0.3 is 10.5 Å². The SMILES string of the molecule is COc1cccc(C2(CN)CC(F)(F)C2)c1C. The van der Waals surface area contributed by atoms with Gasteiger partial charge in [-0.25, -0.2) is 8.78 Å². The maximum absolute atomic E-state index is 13.1. The lowest BCUT2D eigenvalue weighted by Gasteiger charge is -2.48. The van der Waals surface area contributed by atoms with Crippen LogP contribution in [0.1, 0.15) is 24.0 Å². The van der Waals surface area contributed by atoms with E-state index in [0.717, 1.165) is 16.9 Å². The summed E-state index contributed by atoms with van der Waals surface area (Å²) in [4.78, 5) is 0. The fraction of sp³-hybridized carbons (Fsp3) is 0.538. The Kier molecular flexibility index (Phi) is 2.86. The minimum absolute atomic E-state index is 0.162. The molecule has 0 unspecified atom stereocenters. The second-order valence-corrected chi connectivity index (χ2v) is 4.83. The molecule has 0 bridgehead atoms. The minimum atomic E-state index is -2.57. The maximum Gasteiger partial charge on any atom is 0.250 e. The van der Waals surface area contributed by atoms with Gasteiger partial charge in [0.2, 0.25) is 5.92 Å². The van der Waals surface area contributed by atoms with E-state index >= 15 is 0 Å². The monoisotopic (exact) mass is 241 g/mol. The number of ether oxygens (including phenoxy) is 1. The first kappa shape index (κ1) is 12.3. The number of benzene rings is 1. The number of nitrogens with two attached hydrogens (primary N) is 1. The molecule has 0 amide bonds. The Morgan fingerprint density at radius 3 is 2.47 bits per heavy atom. The first-order valence-corrected chi connectivity index (χ1v) is 5.66. The Morgan fingerprint density at radius 2 is 2.00 bits per heavy atom. The number of halogens is 2. The van der Waals surface area contributed by atoms with Crippen molar-refractivity contribution in [2.45, 2.75) is 31.1 Å². The summed E-state index contributed by atoms with van der Waals surface area (Å²) in [6, 6.07) is 5.54. The van der Waals surface area contributed by atoms with Gasteiger partial charge in [-0.1, -0.05) is 12.1 Å². The number of rotatable bonds is 3. The van der Waals surface area contributed by atoms with Crippen LogP contribution in [0, 0.1) is 6.92 Å². The largest absolute Gasteiger partial charge is 0.496 e. The molecule has 2 rings (SSSR count). The molecule has 0 aromatic heterocycles. The van der Waals surface area contributed by atoms with Gasteiger partial charge in [0.15, 0.2) is 0 Å². The predicted molar refractivity (Wildman–Crippen MR) is 62.6 cm³/mol. The van der Waals surface area contributed by atoms with E-state index in [9.17, 15) is 8.78 Å². The normalized spacial score (nSPS) is 20.8. The number of alkyl halides is 2. The molecular weight excluding hydrogens is 224 g/mol. The number of methoxy groups -OCH3 is 1. The fourth-order valence-electron chi connectivity index (χ4n) is 2.79. The lowest BCUT2D eigenvalue weighted by Crippen LogP contribution is -2.54. The molecule has 0 spiro atoms. The van der Waals surface area contributed by atoms with Gasteiger partial charge in [-0.3, -0.25) is 0 Å². The van der Waals surface area contributed by atoms with Crippen LogP contribution in [0.2, 0.25) is 0 Å². The van der Waals surface area contributed by atoms with Gasteiger partial charge in [-0.15, -0.1) is 0 Å². The van der Waals surface area contributed by atoms with Crippen molar-refractivity contribution in [1.29, 1.82) is 0 Å². The minimum Gasteiger partial charge on any atom is -0.496 e. The van der Waals surface area contributed by atoms with Crippen molar-refractivity contribution >= 4 is 0 Å². The van der Waals surface area contributed by atoms with Crippen LogP contribution in [0.3, 0.4) is 0 Å². The van der Waals surface area contributed by atoms with Crippen molar-refractivity contribution in [1.82, 2.24) is 0 Å². The van der Waals surface area contributed by atoms with Gasteiger partial charge in [0, 0.05) is 24.8 Å². The van der Waals surface area contributed by atoms with Crippen molar-refractivity contribution in [2.24, 2.45) is 5.73 Å². The van der Waals surface area contributed by atoms with E-state index in [4.69, 9.17) is 10.5 Å². The Labute approximate surface area is 99.8 Å². The summed E-state index contributed by atoms with van der Waals surface area (Å²) >= 11 is 0. The molecule has 17 heavy (non-hydrogen) atoms. The number of hydrogen-bond acceptors (Lipinski definition) is 2. The molecule has 1 fully saturated rings. The Balaban J connectivity index is 2.40. The van der Waals surface area contributed by atoms with Crippen LogP contribution in [0.25, 0.3) is 0 Å². The van der Waals surface area contributed by atoms with E-state index in [1.807, 2.05) is 25.1 Å². The summed E-state index contributed by atoms with van der Waals surface area (Å²) in [6.45, 7) is 2.14. The molecule has 1 aromatic carbocycles. The molecular formula is C13H17F2NO. The van der Waals surface area contributed by atoms with Crippen LogP contribution in [-0.2, 0) is 5.41 Å². The summed E-state index contributed by atoms with van der Waals surface area (Å²) < 4.78 is 31.5. The second-order valence-electron chi connectivity index (χ2n) is 4.83. The number of hydrogen-bond donors (Lipinski definition) is 1. The van der Waals surface area contributed by atoms with Crippen LogP contribution < -0.4 is 10.5 Å². The standard InChI is InChI=1S/C13H17F2NO/c1-9-10(4-3-5-11(9)17-2)12(8-16)6-13(14,15)7-12/h3-5H,6-8,16H2,1-2H3. The van der Waals surface area contributed by atoms with Crippen LogP contribution in [0.4, 0.5) is 8.78 Å². The third-order valence-electron chi connectivity index (χ3n) is 3.66. The molecule has 0 aliphatic heterocycles. The van der Waals surface area contributed by atoms with Gasteiger partial charge in [0.1, 0.15) is 5.75 Å². The van der Waals surface area contributed by atoms with Crippen LogP contribution >= 0.6 is 0 Å². The first-order chi connectivity index (χ1) is 7.94. The van der Waals surface area contributed by atoms with E-state index in [1.54, 1.807) is 7.11 Å². The molecule has 0 heterocycles.